The van der Waals surface area contributed by atoms with Crippen LogP contribution in [-0.2, 0) is 13.9 Å². The summed E-state index contributed by atoms with van der Waals surface area (Å²) in [6.07, 6.45) is 0. The van der Waals surface area contributed by atoms with Gasteiger partial charge in [0, 0.05) is 4.99 Å². The molecule has 0 bridgehead atoms. The zero-order valence-electron chi connectivity index (χ0n) is 4.97. The summed E-state index contributed by atoms with van der Waals surface area (Å²) in [6, 6.07) is 0. The van der Waals surface area contributed by atoms with Crippen LogP contribution in [0.4, 0.5) is 0 Å². The third kappa shape index (κ3) is 4.97. The third-order valence-electron chi connectivity index (χ3n) is 0.527. The van der Waals surface area contributed by atoms with Gasteiger partial charge in [-0.15, -0.1) is 0 Å². The van der Waals surface area contributed by atoms with Crippen LogP contribution in [0.5, 0.6) is 0 Å². The van der Waals surface area contributed by atoms with Crippen molar-refractivity contribution in [2.24, 2.45) is 0 Å². The summed E-state index contributed by atoms with van der Waals surface area (Å²) in [5, 5.41) is 8.17. The minimum absolute atomic E-state index is 0.758. The van der Waals surface area contributed by atoms with Gasteiger partial charge in [-0.25, -0.2) is 9.36 Å². The van der Waals surface area contributed by atoms with Crippen LogP contribution < -0.4 is 0 Å². The molecule has 0 fully saturated rings. The monoisotopic (exact) mass is 246 g/mol. The fourth-order valence-corrected chi connectivity index (χ4v) is 1.05. The Morgan fingerprint density at radius 1 is 1.55 bits per heavy atom. The molecule has 6 nitrogen and oxygen atoms in total. The van der Waals surface area contributed by atoms with Gasteiger partial charge in [0.05, 0.1) is 0 Å². The van der Waals surface area contributed by atoms with Crippen LogP contribution >= 0.6 is 23.8 Å². The largest absolute Gasteiger partial charge is 0.525 e. The fourth-order valence-electron chi connectivity index (χ4n) is 0.234. The van der Waals surface area contributed by atoms with Crippen molar-refractivity contribution in [3.05, 3.63) is 10.7 Å². The Hall–Kier alpha value is -0.360. The molecular weight excluding hydrogens is 243 g/mol. The summed E-state index contributed by atoms with van der Waals surface area (Å²) in [5.41, 5.74) is 0. The van der Waals surface area contributed by atoms with Crippen molar-refractivity contribution < 1.29 is 28.8 Å². The van der Waals surface area contributed by atoms with E-state index in [1.54, 1.807) is 0 Å². The third-order valence-corrected chi connectivity index (χ3v) is 1.38. The Morgan fingerprint density at radius 3 is 2.09 bits per heavy atom. The molecule has 0 aromatic heterocycles. The molecule has 0 saturated heterocycles. The predicted molar refractivity (Wildman–Crippen MR) is 37.8 cm³/mol. The SMILES string of the molecule is O=C(O)/C(=C/Br)OP(=O)(O)O. The molecule has 0 spiro atoms. The van der Waals surface area contributed by atoms with Gasteiger partial charge in [0.15, 0.2) is 0 Å². The van der Waals surface area contributed by atoms with Crippen molar-refractivity contribution in [2.45, 2.75) is 0 Å². The molecule has 0 unspecified atom stereocenters. The van der Waals surface area contributed by atoms with Gasteiger partial charge in [-0.2, -0.15) is 0 Å². The Morgan fingerprint density at radius 2 is 2.00 bits per heavy atom. The van der Waals surface area contributed by atoms with E-state index in [0.29, 0.717) is 0 Å². The van der Waals surface area contributed by atoms with Gasteiger partial charge in [-0.1, -0.05) is 15.9 Å². The number of carbonyl (C=O) groups is 1. The first-order valence-corrected chi connectivity index (χ1v) is 4.60. The second-order valence-electron chi connectivity index (χ2n) is 1.36. The Bertz CT molecular complexity index is 228. The summed E-state index contributed by atoms with van der Waals surface area (Å²) < 4.78 is 13.8. The maximum Gasteiger partial charge on any atom is 0.525 e. The van der Waals surface area contributed by atoms with E-state index in [1.165, 1.54) is 0 Å². The summed E-state index contributed by atoms with van der Waals surface area (Å²) in [6.45, 7) is 0. The zero-order chi connectivity index (χ0) is 9.07. The first-order chi connectivity index (χ1) is 4.87. The van der Waals surface area contributed by atoms with Crippen LogP contribution in [0.15, 0.2) is 10.7 Å². The number of carboxylic acids is 1. The van der Waals surface area contributed by atoms with E-state index in [9.17, 15) is 9.36 Å². The van der Waals surface area contributed by atoms with Crippen LogP contribution in [0.2, 0.25) is 0 Å². The molecular formula is C3H4BrO6P. The predicted octanol–water partition coefficient (Wildman–Crippen LogP) is 0.417. The Labute approximate surface area is 69.9 Å². The number of phosphoric acid groups is 1. The molecule has 0 aliphatic carbocycles. The van der Waals surface area contributed by atoms with E-state index >= 15 is 0 Å². The molecule has 0 aliphatic rings. The average molecular weight is 247 g/mol. The standard InChI is InChI=1S/C3H4BrO6P/c4-1-2(3(5)6)10-11(7,8)9/h1H,(H,5,6)(H2,7,8,9)/b2-1-. The number of phosphoric ester groups is 1. The topological polar surface area (TPSA) is 104 Å². The van der Waals surface area contributed by atoms with Gasteiger partial charge >= 0.3 is 13.8 Å². The lowest BCUT2D eigenvalue weighted by Crippen LogP contribution is -2.02. The Kier molecular flexibility index (Phi) is 3.74. The lowest BCUT2D eigenvalue weighted by atomic mass is 10.6. The molecule has 0 radical (unpaired) electrons. The summed E-state index contributed by atoms with van der Waals surface area (Å²) in [5.74, 6) is -2.41. The highest BCUT2D eigenvalue weighted by atomic mass is 79.9. The van der Waals surface area contributed by atoms with Crippen molar-refractivity contribution in [3.8, 4) is 0 Å². The number of rotatable bonds is 3. The maximum atomic E-state index is 10.1. The van der Waals surface area contributed by atoms with Crippen LogP contribution in [0.3, 0.4) is 0 Å². The van der Waals surface area contributed by atoms with Crippen molar-refractivity contribution >= 4 is 29.7 Å². The van der Waals surface area contributed by atoms with Crippen molar-refractivity contribution in [3.63, 3.8) is 0 Å². The Balaban J connectivity index is 4.37. The van der Waals surface area contributed by atoms with Crippen molar-refractivity contribution in [1.29, 1.82) is 0 Å². The van der Waals surface area contributed by atoms with Crippen molar-refractivity contribution in [1.82, 2.24) is 0 Å². The second-order valence-corrected chi connectivity index (χ2v) is 2.98. The van der Waals surface area contributed by atoms with Crippen LogP contribution in [0.25, 0.3) is 0 Å². The number of carboxylic acid groups (broad SMARTS) is 1. The molecule has 0 aliphatic heterocycles. The van der Waals surface area contributed by atoms with Gasteiger partial charge in [0.2, 0.25) is 5.76 Å². The van der Waals surface area contributed by atoms with E-state index in [4.69, 9.17) is 14.9 Å². The highest BCUT2D eigenvalue weighted by Gasteiger charge is 2.21. The van der Waals surface area contributed by atoms with Gasteiger partial charge in [-0.05, 0) is 0 Å². The van der Waals surface area contributed by atoms with Crippen LogP contribution in [-0.4, -0.2) is 20.9 Å². The summed E-state index contributed by atoms with van der Waals surface area (Å²) in [4.78, 5) is 27.1. The van der Waals surface area contributed by atoms with E-state index in [1.807, 2.05) is 0 Å². The number of halogens is 1. The van der Waals surface area contributed by atoms with E-state index in [2.05, 4.69) is 20.5 Å². The first kappa shape index (κ1) is 10.6. The van der Waals surface area contributed by atoms with E-state index < -0.39 is 19.6 Å². The molecule has 0 heterocycles. The van der Waals surface area contributed by atoms with Gasteiger partial charge in [0.1, 0.15) is 0 Å². The number of hydrogen-bond acceptors (Lipinski definition) is 3. The zero-order valence-corrected chi connectivity index (χ0v) is 7.45. The average Bonchev–Trinajstić information content (AvgIpc) is 1.80. The molecule has 0 saturated carbocycles. The van der Waals surface area contributed by atoms with Crippen LogP contribution in [0.1, 0.15) is 0 Å². The van der Waals surface area contributed by atoms with Crippen LogP contribution in [0, 0.1) is 0 Å². The van der Waals surface area contributed by atoms with Gasteiger partial charge < -0.3 is 9.63 Å². The molecule has 0 aromatic carbocycles. The molecule has 0 rings (SSSR count). The molecule has 3 N–H and O–H groups in total. The number of hydrogen-bond donors (Lipinski definition) is 3. The van der Waals surface area contributed by atoms with Gasteiger partial charge in [-0.3, -0.25) is 9.79 Å². The summed E-state index contributed by atoms with van der Waals surface area (Å²) >= 11 is 2.56. The highest BCUT2D eigenvalue weighted by molar-refractivity contribution is 9.11. The van der Waals surface area contributed by atoms with Crippen molar-refractivity contribution in [2.75, 3.05) is 0 Å². The maximum absolute atomic E-state index is 10.1. The minimum Gasteiger partial charge on any atom is -0.475 e. The molecule has 64 valence electrons. The normalized spacial score (nSPS) is 12.8. The lowest BCUT2D eigenvalue weighted by molar-refractivity contribution is -0.135. The number of aliphatic carboxylic acids is 1. The minimum atomic E-state index is -4.77. The van der Waals surface area contributed by atoms with E-state index in [0.717, 1.165) is 4.99 Å². The van der Waals surface area contributed by atoms with E-state index in [-0.39, 0.29) is 0 Å². The first-order valence-electron chi connectivity index (χ1n) is 2.15. The summed E-state index contributed by atoms with van der Waals surface area (Å²) in [7, 11) is -4.77. The fraction of sp³-hybridized carbons (Fsp3) is 0. The molecule has 0 aromatic rings. The molecule has 8 heteroatoms. The molecule has 11 heavy (non-hydrogen) atoms. The van der Waals surface area contributed by atoms with Gasteiger partial charge in [0.25, 0.3) is 0 Å². The molecule has 0 amide bonds. The second kappa shape index (κ2) is 3.87. The molecule has 0 atom stereocenters. The quantitative estimate of drug-likeness (QED) is 0.379. The lowest BCUT2D eigenvalue weighted by Gasteiger charge is -2.04. The smallest absolute Gasteiger partial charge is 0.475 e. The highest BCUT2D eigenvalue weighted by Crippen LogP contribution is 2.39.